The number of ether oxygens (including phenoxy) is 2. The highest BCUT2D eigenvalue weighted by Crippen LogP contribution is 2.26. The molecule has 0 aliphatic carbocycles. The zero-order chi connectivity index (χ0) is 13.5. The molecule has 0 aliphatic rings. The molecule has 0 N–H and O–H groups in total. The van der Waals surface area contributed by atoms with E-state index in [0.717, 1.165) is 28.8 Å². The lowest BCUT2D eigenvalue weighted by atomic mass is 10.2. The molecule has 2 rings (SSSR count). The third-order valence-corrected chi connectivity index (χ3v) is 3.41. The van der Waals surface area contributed by atoms with Crippen molar-refractivity contribution >= 4 is 15.9 Å². The van der Waals surface area contributed by atoms with Crippen LogP contribution in [0.1, 0.15) is 11.1 Å². The van der Waals surface area contributed by atoms with E-state index in [2.05, 4.69) is 20.9 Å². The number of aromatic nitrogens is 1. The van der Waals surface area contributed by atoms with Gasteiger partial charge in [0, 0.05) is 29.7 Å². The van der Waals surface area contributed by atoms with Gasteiger partial charge in [-0.25, -0.2) is 0 Å². The fraction of sp³-hybridized carbons (Fsp3) is 0.267. The quantitative estimate of drug-likeness (QED) is 0.762. The highest BCUT2D eigenvalue weighted by atomic mass is 79.9. The van der Waals surface area contributed by atoms with Gasteiger partial charge in [-0.15, -0.1) is 0 Å². The Hall–Kier alpha value is -1.55. The summed E-state index contributed by atoms with van der Waals surface area (Å²) in [7, 11) is 1.66. The van der Waals surface area contributed by atoms with Crippen molar-refractivity contribution in [3.05, 3.63) is 53.9 Å². The number of nitrogens with zero attached hydrogens (tertiary/aromatic N) is 1. The molecule has 1 aromatic heterocycles. The summed E-state index contributed by atoms with van der Waals surface area (Å²) in [6.45, 7) is 0.649. The van der Waals surface area contributed by atoms with E-state index in [4.69, 9.17) is 9.47 Å². The van der Waals surface area contributed by atoms with Crippen molar-refractivity contribution in [1.82, 2.24) is 4.98 Å². The first kappa shape index (κ1) is 13.9. The Balaban J connectivity index is 1.96. The summed E-state index contributed by atoms with van der Waals surface area (Å²) < 4.78 is 11.0. The third kappa shape index (κ3) is 3.96. The molecule has 2 aromatic rings. The Bertz CT molecular complexity index is 517. The molecule has 0 radical (unpaired) electrons. The van der Waals surface area contributed by atoms with E-state index in [9.17, 15) is 0 Å². The monoisotopic (exact) mass is 321 g/mol. The molecule has 1 heterocycles. The summed E-state index contributed by atoms with van der Waals surface area (Å²) in [6.07, 6.45) is 4.47. The molecule has 100 valence electrons. The number of benzene rings is 1. The third-order valence-electron chi connectivity index (χ3n) is 2.81. The number of rotatable bonds is 6. The van der Waals surface area contributed by atoms with Gasteiger partial charge in [0.05, 0.1) is 13.7 Å². The lowest BCUT2D eigenvalue weighted by Gasteiger charge is -2.11. The molecule has 0 unspecified atom stereocenters. The van der Waals surface area contributed by atoms with Crippen LogP contribution >= 0.6 is 15.9 Å². The molecule has 0 amide bonds. The number of halogens is 1. The first-order valence-corrected chi connectivity index (χ1v) is 7.20. The second-order valence-electron chi connectivity index (χ2n) is 4.06. The lowest BCUT2D eigenvalue weighted by Crippen LogP contribution is -2.03. The number of hydrogen-bond acceptors (Lipinski definition) is 3. The summed E-state index contributed by atoms with van der Waals surface area (Å²) in [5, 5.41) is 0.745. The van der Waals surface area contributed by atoms with Crippen LogP contribution in [0.5, 0.6) is 11.5 Å². The maximum atomic E-state index is 5.83. The summed E-state index contributed by atoms with van der Waals surface area (Å²) in [6, 6.07) is 9.85. The van der Waals surface area contributed by atoms with Crippen LogP contribution < -0.4 is 9.47 Å². The standard InChI is InChI=1S/C15H16BrNO2/c1-18-14-2-3-15(13(10-14)11-16)19-9-6-12-4-7-17-8-5-12/h2-5,7-8,10H,6,9,11H2,1H3. The SMILES string of the molecule is COc1ccc(OCCc2ccncc2)c(CBr)c1. The zero-order valence-electron chi connectivity index (χ0n) is 10.8. The van der Waals surface area contributed by atoms with E-state index in [-0.39, 0.29) is 0 Å². The van der Waals surface area contributed by atoms with Gasteiger partial charge in [0.2, 0.25) is 0 Å². The van der Waals surface area contributed by atoms with Gasteiger partial charge in [-0.2, -0.15) is 0 Å². The van der Waals surface area contributed by atoms with E-state index in [1.807, 2.05) is 30.3 Å². The zero-order valence-corrected chi connectivity index (χ0v) is 12.4. The fourth-order valence-electron chi connectivity index (χ4n) is 1.76. The largest absolute Gasteiger partial charge is 0.497 e. The lowest BCUT2D eigenvalue weighted by molar-refractivity contribution is 0.318. The van der Waals surface area contributed by atoms with Crippen molar-refractivity contribution in [3.63, 3.8) is 0 Å². The molecule has 19 heavy (non-hydrogen) atoms. The van der Waals surface area contributed by atoms with Crippen LogP contribution in [0, 0.1) is 0 Å². The first-order chi connectivity index (χ1) is 9.33. The summed E-state index contributed by atoms with van der Waals surface area (Å²) in [5.74, 6) is 1.74. The van der Waals surface area contributed by atoms with Gasteiger partial charge < -0.3 is 9.47 Å². The van der Waals surface area contributed by atoms with Gasteiger partial charge in [-0.05, 0) is 35.9 Å². The molecule has 0 spiro atoms. The average molecular weight is 322 g/mol. The van der Waals surface area contributed by atoms with Gasteiger partial charge in [0.15, 0.2) is 0 Å². The fourth-order valence-corrected chi connectivity index (χ4v) is 2.19. The summed E-state index contributed by atoms with van der Waals surface area (Å²) >= 11 is 3.46. The van der Waals surface area contributed by atoms with E-state index in [0.29, 0.717) is 6.61 Å². The van der Waals surface area contributed by atoms with Gasteiger partial charge in [-0.3, -0.25) is 4.98 Å². The van der Waals surface area contributed by atoms with Crippen LogP contribution in [0.2, 0.25) is 0 Å². The Labute approximate surface area is 121 Å². The van der Waals surface area contributed by atoms with Crippen molar-refractivity contribution < 1.29 is 9.47 Å². The van der Waals surface area contributed by atoms with Crippen LogP contribution in [-0.4, -0.2) is 18.7 Å². The minimum Gasteiger partial charge on any atom is -0.497 e. The number of alkyl halides is 1. The molecular formula is C15H16BrNO2. The van der Waals surface area contributed by atoms with Crippen molar-refractivity contribution in [2.24, 2.45) is 0 Å². The Morgan fingerprint density at radius 2 is 1.95 bits per heavy atom. The van der Waals surface area contributed by atoms with Crippen LogP contribution in [-0.2, 0) is 11.8 Å². The highest BCUT2D eigenvalue weighted by Gasteiger charge is 2.04. The minimum absolute atomic E-state index is 0.649. The summed E-state index contributed by atoms with van der Waals surface area (Å²) in [4.78, 5) is 4.00. The summed E-state index contributed by atoms with van der Waals surface area (Å²) in [5.41, 5.74) is 2.32. The van der Waals surface area contributed by atoms with Crippen molar-refractivity contribution in [3.8, 4) is 11.5 Å². The van der Waals surface area contributed by atoms with Crippen LogP contribution in [0.3, 0.4) is 0 Å². The van der Waals surface area contributed by atoms with Gasteiger partial charge in [-0.1, -0.05) is 15.9 Å². The topological polar surface area (TPSA) is 31.4 Å². The van der Waals surface area contributed by atoms with Gasteiger partial charge >= 0.3 is 0 Å². The molecule has 0 aliphatic heterocycles. The van der Waals surface area contributed by atoms with Crippen LogP contribution in [0.15, 0.2) is 42.7 Å². The molecule has 0 saturated carbocycles. The first-order valence-electron chi connectivity index (χ1n) is 6.08. The average Bonchev–Trinajstić information content (AvgIpc) is 2.48. The van der Waals surface area contributed by atoms with Crippen molar-refractivity contribution in [2.45, 2.75) is 11.8 Å². The number of pyridine rings is 1. The minimum atomic E-state index is 0.649. The molecular weight excluding hydrogens is 306 g/mol. The number of hydrogen-bond donors (Lipinski definition) is 0. The van der Waals surface area contributed by atoms with E-state index < -0.39 is 0 Å². The predicted molar refractivity (Wildman–Crippen MR) is 79.1 cm³/mol. The van der Waals surface area contributed by atoms with Crippen LogP contribution in [0.25, 0.3) is 0 Å². The molecule has 0 bridgehead atoms. The van der Waals surface area contributed by atoms with Gasteiger partial charge in [0.25, 0.3) is 0 Å². The smallest absolute Gasteiger partial charge is 0.123 e. The van der Waals surface area contributed by atoms with Gasteiger partial charge in [0.1, 0.15) is 11.5 Å². The van der Waals surface area contributed by atoms with Crippen molar-refractivity contribution in [2.75, 3.05) is 13.7 Å². The maximum absolute atomic E-state index is 5.83. The normalized spacial score (nSPS) is 10.2. The van der Waals surface area contributed by atoms with E-state index in [1.54, 1.807) is 19.5 Å². The number of methoxy groups -OCH3 is 1. The second kappa shape index (κ2) is 7.14. The second-order valence-corrected chi connectivity index (χ2v) is 4.62. The van der Waals surface area contributed by atoms with Crippen LogP contribution in [0.4, 0.5) is 0 Å². The Morgan fingerprint density at radius 1 is 1.16 bits per heavy atom. The highest BCUT2D eigenvalue weighted by molar-refractivity contribution is 9.08. The van der Waals surface area contributed by atoms with Crippen molar-refractivity contribution in [1.29, 1.82) is 0 Å². The molecule has 0 saturated heterocycles. The molecule has 0 fully saturated rings. The van der Waals surface area contributed by atoms with E-state index in [1.165, 1.54) is 5.56 Å². The Morgan fingerprint density at radius 3 is 2.63 bits per heavy atom. The maximum Gasteiger partial charge on any atom is 0.123 e. The molecule has 4 heteroatoms. The molecule has 1 aromatic carbocycles. The molecule has 3 nitrogen and oxygen atoms in total. The predicted octanol–water partition coefficient (Wildman–Crippen LogP) is 3.61. The molecule has 0 atom stereocenters. The Kier molecular flexibility index (Phi) is 5.21. The van der Waals surface area contributed by atoms with E-state index >= 15 is 0 Å².